The number of hydrogen-bond acceptors (Lipinski definition) is 3. The third-order valence-corrected chi connectivity index (χ3v) is 3.97. The Bertz CT molecular complexity index is 148. The highest BCUT2D eigenvalue weighted by atomic mass is 16.6. The minimum absolute atomic E-state index is 0. The van der Waals surface area contributed by atoms with Gasteiger partial charge in [0.05, 0.1) is 0 Å². The normalized spacial score (nSPS) is 22.5. The van der Waals surface area contributed by atoms with Crippen molar-refractivity contribution in [1.29, 1.82) is 0 Å². The van der Waals surface area contributed by atoms with Crippen molar-refractivity contribution in [3.8, 4) is 0 Å². The highest BCUT2D eigenvalue weighted by Crippen LogP contribution is 2.37. The Labute approximate surface area is 98.3 Å². The molecule has 0 bridgehead atoms. The molecule has 0 spiro atoms. The van der Waals surface area contributed by atoms with Crippen molar-refractivity contribution in [1.82, 2.24) is 6.15 Å². The molecule has 0 aromatic rings. The van der Waals surface area contributed by atoms with E-state index in [-0.39, 0.29) is 6.15 Å². The van der Waals surface area contributed by atoms with E-state index in [4.69, 9.17) is 10.1 Å². The first kappa shape index (κ1) is 15.4. The molecule has 0 aromatic heterocycles. The minimum atomic E-state index is 0. The Kier molecular flexibility index (Phi) is 9.19. The summed E-state index contributed by atoms with van der Waals surface area (Å²) in [6, 6.07) is 0. The summed E-state index contributed by atoms with van der Waals surface area (Å²) in [4.78, 5) is 8.11. The number of nitrogens with zero attached hydrogens (tertiary/aromatic N) is 1. The van der Waals surface area contributed by atoms with E-state index in [1.807, 2.05) is 0 Å². The third kappa shape index (κ3) is 5.45. The summed E-state index contributed by atoms with van der Waals surface area (Å²) in [7, 11) is 0. The van der Waals surface area contributed by atoms with E-state index in [0.29, 0.717) is 0 Å². The van der Waals surface area contributed by atoms with Crippen LogP contribution in [-0.4, -0.2) is 5.21 Å². The van der Waals surface area contributed by atoms with Crippen LogP contribution in [0.3, 0.4) is 0 Å². The van der Waals surface area contributed by atoms with Gasteiger partial charge in [0.1, 0.15) is 0 Å². The summed E-state index contributed by atoms with van der Waals surface area (Å²) in [5.41, 5.74) is 0. The highest BCUT2D eigenvalue weighted by Gasteiger charge is 2.24. The molecule has 0 unspecified atom stereocenters. The van der Waals surface area contributed by atoms with E-state index >= 15 is 0 Å². The summed E-state index contributed by atoms with van der Waals surface area (Å²) in [5.74, 6) is 2.28. The first-order chi connectivity index (χ1) is 7.38. The first-order valence-corrected chi connectivity index (χ1v) is 6.35. The summed E-state index contributed by atoms with van der Waals surface area (Å²) in [6.07, 6.45) is 15.4. The summed E-state index contributed by atoms with van der Waals surface area (Å²) in [5, 5.41) is 7.89. The van der Waals surface area contributed by atoms with Gasteiger partial charge < -0.3 is 11.4 Å². The van der Waals surface area contributed by atoms with Crippen molar-refractivity contribution in [3.05, 3.63) is 4.91 Å². The van der Waals surface area contributed by atoms with Crippen LogP contribution in [0, 0.1) is 16.7 Å². The largest absolute Gasteiger partial charge is 0.379 e. The number of rotatable bonds is 1. The topological polar surface area (TPSA) is 84.7 Å². The number of hydrogen-bond donors (Lipinski definition) is 2. The molecule has 0 aliphatic heterocycles. The maximum atomic E-state index is 8.11. The molecule has 2 fully saturated rings. The van der Waals surface area contributed by atoms with E-state index in [9.17, 15) is 0 Å². The molecule has 0 heterocycles. The van der Waals surface area contributed by atoms with Crippen molar-refractivity contribution in [2.45, 2.75) is 64.2 Å². The van der Waals surface area contributed by atoms with Gasteiger partial charge in [0.15, 0.2) is 5.34 Å². The second-order valence-corrected chi connectivity index (χ2v) is 4.88. The van der Waals surface area contributed by atoms with Gasteiger partial charge in [-0.05, 0) is 11.8 Å². The van der Waals surface area contributed by atoms with Gasteiger partial charge in [-0.1, -0.05) is 64.2 Å². The minimum Gasteiger partial charge on any atom is -0.379 e. The highest BCUT2D eigenvalue weighted by molar-refractivity contribution is 4.76. The Hall–Kier alpha value is -0.640. The molecule has 2 aliphatic rings. The molecule has 4 nitrogen and oxygen atoms in total. The molecule has 2 rings (SSSR count). The lowest BCUT2D eigenvalue weighted by Crippen LogP contribution is -2.20. The summed E-state index contributed by atoms with van der Waals surface area (Å²) >= 11 is 0. The summed E-state index contributed by atoms with van der Waals surface area (Å²) in [6.45, 7) is 0. The van der Waals surface area contributed by atoms with Crippen molar-refractivity contribution in [2.75, 3.05) is 0 Å². The van der Waals surface area contributed by atoms with E-state index < -0.39 is 0 Å². The zero-order chi connectivity index (χ0) is 10.9. The van der Waals surface area contributed by atoms with E-state index in [2.05, 4.69) is 0 Å². The molecule has 4 heteroatoms. The van der Waals surface area contributed by atoms with Crippen LogP contribution in [0.1, 0.15) is 64.2 Å². The lowest BCUT2D eigenvalue weighted by atomic mass is 9.73. The standard InChI is InChI=1S/C12H22.HNO2.H3N/c1-3-7-11(8-4-1)12-9-5-2-6-10-12;2-1-3;/h11-12H,1-10H2;(H,2,3);1H3. The van der Waals surface area contributed by atoms with Crippen LogP contribution in [0.5, 0.6) is 0 Å². The molecule has 96 valence electrons. The third-order valence-electron chi connectivity index (χ3n) is 3.97. The fourth-order valence-corrected chi connectivity index (χ4v) is 3.21. The zero-order valence-corrected chi connectivity index (χ0v) is 10.2. The molecule has 2 aliphatic carbocycles. The van der Waals surface area contributed by atoms with Gasteiger partial charge in [0.2, 0.25) is 0 Å². The predicted molar refractivity (Wildman–Crippen MR) is 65.8 cm³/mol. The lowest BCUT2D eigenvalue weighted by Gasteiger charge is -2.32. The fraction of sp³-hybridized carbons (Fsp3) is 1.00. The molecule has 0 saturated heterocycles. The zero-order valence-electron chi connectivity index (χ0n) is 10.2. The van der Waals surface area contributed by atoms with E-state index in [1.165, 1.54) is 43.9 Å². The van der Waals surface area contributed by atoms with E-state index in [1.54, 1.807) is 25.7 Å². The molecule has 0 aromatic carbocycles. The average molecular weight is 230 g/mol. The Morgan fingerprint density at radius 1 is 0.750 bits per heavy atom. The molecule has 16 heavy (non-hydrogen) atoms. The second kappa shape index (κ2) is 9.58. The Balaban J connectivity index is 0.000000511. The first-order valence-electron chi connectivity index (χ1n) is 6.35. The molecule has 4 N–H and O–H groups in total. The predicted octanol–water partition coefficient (Wildman–Crippen LogP) is 4.45. The van der Waals surface area contributed by atoms with Crippen molar-refractivity contribution >= 4 is 0 Å². The monoisotopic (exact) mass is 230 g/mol. The maximum absolute atomic E-state index is 8.11. The fourth-order valence-electron chi connectivity index (χ4n) is 3.21. The van der Waals surface area contributed by atoms with Crippen LogP contribution in [0.2, 0.25) is 0 Å². The molecular weight excluding hydrogens is 204 g/mol. The van der Waals surface area contributed by atoms with Crippen molar-refractivity contribution in [3.63, 3.8) is 0 Å². The molecule has 0 radical (unpaired) electrons. The van der Waals surface area contributed by atoms with E-state index in [0.717, 1.165) is 11.8 Å². The van der Waals surface area contributed by atoms with Gasteiger partial charge in [-0.25, -0.2) is 0 Å². The Morgan fingerprint density at radius 3 is 1.25 bits per heavy atom. The van der Waals surface area contributed by atoms with Gasteiger partial charge in [-0.2, -0.15) is 0 Å². The molecule has 0 amide bonds. The smallest absolute Gasteiger partial charge is 0.152 e. The van der Waals surface area contributed by atoms with Crippen LogP contribution < -0.4 is 6.15 Å². The van der Waals surface area contributed by atoms with Gasteiger partial charge >= 0.3 is 0 Å². The Morgan fingerprint density at radius 2 is 1.00 bits per heavy atom. The van der Waals surface area contributed by atoms with Crippen molar-refractivity contribution in [2.24, 2.45) is 17.2 Å². The molecular formula is C12H26N2O2. The second-order valence-electron chi connectivity index (χ2n) is 4.88. The molecule has 0 atom stereocenters. The molecule has 2 saturated carbocycles. The van der Waals surface area contributed by atoms with Gasteiger partial charge in [0, 0.05) is 0 Å². The van der Waals surface area contributed by atoms with Crippen LogP contribution in [-0.2, 0) is 0 Å². The van der Waals surface area contributed by atoms with Crippen LogP contribution in [0.25, 0.3) is 0 Å². The van der Waals surface area contributed by atoms with Gasteiger partial charge in [0.25, 0.3) is 0 Å². The SMILES string of the molecule is C1CCC(C2CCCCC2)CC1.N.O=NO. The van der Waals surface area contributed by atoms with Crippen molar-refractivity contribution < 1.29 is 5.21 Å². The van der Waals surface area contributed by atoms with Gasteiger partial charge in [-0.3, -0.25) is 0 Å². The maximum Gasteiger partial charge on any atom is 0.152 e. The quantitative estimate of drug-likeness (QED) is 0.515. The van der Waals surface area contributed by atoms with Crippen LogP contribution >= 0.6 is 0 Å². The summed E-state index contributed by atoms with van der Waals surface area (Å²) < 4.78 is 0. The average Bonchev–Trinajstić information content (AvgIpc) is 2.32. The lowest BCUT2D eigenvalue weighted by molar-refractivity contribution is 0.196. The van der Waals surface area contributed by atoms with Gasteiger partial charge in [-0.15, -0.1) is 4.91 Å². The van der Waals surface area contributed by atoms with Crippen LogP contribution in [0.4, 0.5) is 0 Å². The van der Waals surface area contributed by atoms with Crippen LogP contribution in [0.15, 0.2) is 5.34 Å².